The molecule has 0 saturated heterocycles. The van der Waals surface area contributed by atoms with Gasteiger partial charge in [-0.3, -0.25) is 9.78 Å². The number of allylic oxidation sites excluding steroid dienone is 1. The Morgan fingerprint density at radius 2 is 2.05 bits per heavy atom. The van der Waals surface area contributed by atoms with Gasteiger partial charge in [0.25, 0.3) is 0 Å². The van der Waals surface area contributed by atoms with Gasteiger partial charge >= 0.3 is 4.87 Å². The van der Waals surface area contributed by atoms with Crippen LogP contribution in [0.15, 0.2) is 50.9 Å². The second kappa shape index (κ2) is 4.66. The summed E-state index contributed by atoms with van der Waals surface area (Å²) in [5.74, 6) is 0.371. The molecule has 0 unspecified atom stereocenters. The van der Waals surface area contributed by atoms with Crippen LogP contribution in [-0.4, -0.2) is 16.9 Å². The van der Waals surface area contributed by atoms with E-state index in [1.54, 1.807) is 6.21 Å². The van der Waals surface area contributed by atoms with E-state index >= 15 is 0 Å². The number of nitrogen functional groups attached to an aromatic ring is 1. The molecule has 5 nitrogen and oxygen atoms in total. The summed E-state index contributed by atoms with van der Waals surface area (Å²) in [6, 6.07) is 9.75. The van der Waals surface area contributed by atoms with Crippen molar-refractivity contribution in [3.8, 4) is 0 Å². The molecular formula is C13H10N4OS. The molecule has 0 fully saturated rings. The van der Waals surface area contributed by atoms with Gasteiger partial charge in [-0.1, -0.05) is 41.7 Å². The highest BCUT2D eigenvalue weighted by molar-refractivity contribution is 7.10. The van der Waals surface area contributed by atoms with Crippen molar-refractivity contribution in [3.63, 3.8) is 0 Å². The number of H-pyrrole nitrogens is 1. The molecule has 94 valence electrons. The molecule has 2 heterocycles. The van der Waals surface area contributed by atoms with E-state index in [-0.39, 0.29) is 4.87 Å². The van der Waals surface area contributed by atoms with Crippen molar-refractivity contribution in [2.24, 2.45) is 10.2 Å². The van der Waals surface area contributed by atoms with E-state index in [0.29, 0.717) is 10.7 Å². The first-order valence-corrected chi connectivity index (χ1v) is 6.43. The smallest absolute Gasteiger partial charge is 0.306 e. The van der Waals surface area contributed by atoms with Crippen LogP contribution in [0, 0.1) is 0 Å². The normalized spacial score (nSPS) is 16.0. The minimum absolute atomic E-state index is 0.169. The average molecular weight is 270 g/mol. The number of hydrogen-bond donors (Lipinski definition) is 2. The van der Waals surface area contributed by atoms with E-state index in [1.807, 2.05) is 36.4 Å². The Labute approximate surface area is 112 Å². The molecule has 2 aromatic rings. The van der Waals surface area contributed by atoms with Gasteiger partial charge in [-0.15, -0.1) is 5.10 Å². The average Bonchev–Trinajstić information content (AvgIpc) is 2.98. The van der Waals surface area contributed by atoms with Crippen molar-refractivity contribution < 1.29 is 0 Å². The minimum Gasteiger partial charge on any atom is -0.384 e. The van der Waals surface area contributed by atoms with E-state index in [4.69, 9.17) is 5.73 Å². The number of nitrogens with two attached hydrogens (primary N) is 1. The second-order valence-electron chi connectivity index (χ2n) is 3.95. The Bertz CT molecular complexity index is 752. The SMILES string of the molecule is Nc1[nH]c(=O)sc1/C=C1\C=NN=C1c1ccccc1. The van der Waals surface area contributed by atoms with Gasteiger partial charge in [-0.2, -0.15) is 5.10 Å². The van der Waals surface area contributed by atoms with Gasteiger partial charge in [-0.05, 0) is 6.08 Å². The molecule has 0 saturated carbocycles. The first kappa shape index (κ1) is 11.6. The zero-order chi connectivity index (χ0) is 13.2. The van der Waals surface area contributed by atoms with E-state index in [9.17, 15) is 4.79 Å². The minimum atomic E-state index is -0.169. The van der Waals surface area contributed by atoms with Crippen LogP contribution in [0.3, 0.4) is 0 Å². The third-order valence-corrected chi connectivity index (χ3v) is 3.51. The predicted molar refractivity (Wildman–Crippen MR) is 78.8 cm³/mol. The fourth-order valence-corrected chi connectivity index (χ4v) is 2.50. The van der Waals surface area contributed by atoms with Crippen molar-refractivity contribution >= 4 is 35.2 Å². The first-order valence-electron chi connectivity index (χ1n) is 5.61. The lowest BCUT2D eigenvalue weighted by Crippen LogP contribution is -2.02. The lowest BCUT2D eigenvalue weighted by Gasteiger charge is -2.01. The third-order valence-electron chi connectivity index (χ3n) is 2.67. The number of anilines is 1. The van der Waals surface area contributed by atoms with Crippen molar-refractivity contribution in [2.45, 2.75) is 0 Å². The van der Waals surface area contributed by atoms with Crippen LogP contribution in [0.5, 0.6) is 0 Å². The van der Waals surface area contributed by atoms with Crippen molar-refractivity contribution in [2.75, 3.05) is 5.73 Å². The molecular weight excluding hydrogens is 260 g/mol. The number of thiazole rings is 1. The lowest BCUT2D eigenvalue weighted by atomic mass is 10.0. The largest absolute Gasteiger partial charge is 0.384 e. The Morgan fingerprint density at radius 3 is 2.74 bits per heavy atom. The van der Waals surface area contributed by atoms with Gasteiger partial charge in [-0.25, -0.2) is 0 Å². The van der Waals surface area contributed by atoms with Gasteiger partial charge in [0.2, 0.25) is 0 Å². The summed E-state index contributed by atoms with van der Waals surface area (Å²) in [7, 11) is 0. The summed E-state index contributed by atoms with van der Waals surface area (Å²) in [4.78, 5) is 14.3. The maximum atomic E-state index is 11.2. The zero-order valence-electron chi connectivity index (χ0n) is 9.83. The third kappa shape index (κ3) is 2.25. The number of aromatic nitrogens is 1. The number of rotatable bonds is 2. The molecule has 0 atom stereocenters. The summed E-state index contributed by atoms with van der Waals surface area (Å²) < 4.78 is 0. The maximum absolute atomic E-state index is 11.2. The van der Waals surface area contributed by atoms with E-state index in [0.717, 1.165) is 28.2 Å². The Hall–Kier alpha value is -2.47. The van der Waals surface area contributed by atoms with Crippen LogP contribution in [-0.2, 0) is 0 Å². The zero-order valence-corrected chi connectivity index (χ0v) is 10.6. The highest BCUT2D eigenvalue weighted by Crippen LogP contribution is 2.20. The second-order valence-corrected chi connectivity index (χ2v) is 4.97. The molecule has 0 aliphatic carbocycles. The number of benzene rings is 1. The molecule has 0 amide bonds. The van der Waals surface area contributed by atoms with Crippen LogP contribution in [0.4, 0.5) is 5.82 Å². The Kier molecular flexibility index (Phi) is 2.85. The number of nitrogens with zero attached hydrogens (tertiary/aromatic N) is 2. The highest BCUT2D eigenvalue weighted by Gasteiger charge is 2.14. The molecule has 3 rings (SSSR count). The van der Waals surface area contributed by atoms with Crippen molar-refractivity contribution in [1.82, 2.24) is 4.98 Å². The van der Waals surface area contributed by atoms with E-state index < -0.39 is 0 Å². The summed E-state index contributed by atoms with van der Waals surface area (Å²) in [6.07, 6.45) is 3.48. The summed E-state index contributed by atoms with van der Waals surface area (Å²) in [5, 5.41) is 8.04. The molecule has 1 aromatic heterocycles. The summed E-state index contributed by atoms with van der Waals surface area (Å²) in [5.41, 5.74) is 8.33. The van der Waals surface area contributed by atoms with Crippen LogP contribution >= 0.6 is 11.3 Å². The van der Waals surface area contributed by atoms with E-state index in [2.05, 4.69) is 15.2 Å². The summed E-state index contributed by atoms with van der Waals surface area (Å²) >= 11 is 1.07. The molecule has 1 aliphatic rings. The molecule has 1 aliphatic heterocycles. The van der Waals surface area contributed by atoms with Gasteiger partial charge in [0, 0.05) is 11.1 Å². The molecule has 1 aromatic carbocycles. The molecule has 3 N–H and O–H groups in total. The van der Waals surface area contributed by atoms with Crippen LogP contribution < -0.4 is 10.6 Å². The monoisotopic (exact) mass is 270 g/mol. The van der Waals surface area contributed by atoms with Crippen molar-refractivity contribution in [3.05, 3.63) is 56.0 Å². The van der Waals surface area contributed by atoms with Crippen LogP contribution in [0.2, 0.25) is 0 Å². The van der Waals surface area contributed by atoms with Gasteiger partial charge in [0.05, 0.1) is 11.1 Å². The van der Waals surface area contributed by atoms with Crippen LogP contribution in [0.1, 0.15) is 10.4 Å². The number of aromatic amines is 1. The molecule has 6 heteroatoms. The first-order chi connectivity index (χ1) is 9.24. The predicted octanol–water partition coefficient (Wildman–Crippen LogP) is 1.89. The molecule has 0 radical (unpaired) electrons. The highest BCUT2D eigenvalue weighted by atomic mass is 32.1. The standard InChI is InChI=1S/C13H10N4OS/c14-12-10(19-13(18)16-12)6-9-7-15-17-11(9)8-4-2-1-3-5-8/h1-7H,14H2,(H,16,18)/b9-6+. The summed E-state index contributed by atoms with van der Waals surface area (Å²) in [6.45, 7) is 0. The molecule has 19 heavy (non-hydrogen) atoms. The number of nitrogens with one attached hydrogen (secondary N) is 1. The number of hydrogen-bond acceptors (Lipinski definition) is 5. The lowest BCUT2D eigenvalue weighted by molar-refractivity contribution is 1.28. The molecule has 0 bridgehead atoms. The molecule has 0 spiro atoms. The van der Waals surface area contributed by atoms with Crippen LogP contribution in [0.25, 0.3) is 6.08 Å². The van der Waals surface area contributed by atoms with Gasteiger partial charge < -0.3 is 5.73 Å². The maximum Gasteiger partial charge on any atom is 0.306 e. The topological polar surface area (TPSA) is 83.6 Å². The van der Waals surface area contributed by atoms with Gasteiger partial charge in [0.1, 0.15) is 11.5 Å². The van der Waals surface area contributed by atoms with Crippen molar-refractivity contribution in [1.29, 1.82) is 0 Å². The van der Waals surface area contributed by atoms with E-state index in [1.165, 1.54) is 0 Å². The Balaban J connectivity index is 2.02. The quantitative estimate of drug-likeness (QED) is 0.873. The Morgan fingerprint density at radius 1 is 1.26 bits per heavy atom. The fraction of sp³-hybridized carbons (Fsp3) is 0. The fourth-order valence-electron chi connectivity index (χ4n) is 1.79. The van der Waals surface area contributed by atoms with Gasteiger partial charge in [0.15, 0.2) is 0 Å².